The number of nitrogens with one attached hydrogen (secondary N) is 1. The maximum atomic E-state index is 11.1. The maximum absolute atomic E-state index is 11.1. The number of hydrogen-bond acceptors (Lipinski definition) is 3. The van der Waals surface area contributed by atoms with Crippen LogP contribution in [0.1, 0.15) is 31.4 Å². The van der Waals surface area contributed by atoms with E-state index in [0.29, 0.717) is 6.61 Å². The van der Waals surface area contributed by atoms with Crippen LogP contribution >= 0.6 is 0 Å². The van der Waals surface area contributed by atoms with E-state index < -0.39 is 0 Å². The van der Waals surface area contributed by atoms with Gasteiger partial charge < -0.3 is 15.5 Å². The Kier molecular flexibility index (Phi) is 3.90. The SMILES string of the molecule is NC(=O)C1CCC(=CCOC2=C(c3cnc[nH]3)C=C2)CC1. The number of nitrogens with zero attached hydrogens (tertiary/aromatic N) is 1. The second-order valence-corrected chi connectivity index (χ2v) is 5.43. The van der Waals surface area contributed by atoms with E-state index in [1.54, 1.807) is 12.5 Å². The normalized spacial score (nSPS) is 21.1. The van der Waals surface area contributed by atoms with E-state index in [-0.39, 0.29) is 11.8 Å². The number of primary amides is 1. The van der Waals surface area contributed by atoms with E-state index in [4.69, 9.17) is 10.5 Å². The minimum absolute atomic E-state index is 0.0484. The van der Waals surface area contributed by atoms with Gasteiger partial charge in [0.25, 0.3) is 0 Å². The van der Waals surface area contributed by atoms with Gasteiger partial charge in [0.15, 0.2) is 0 Å². The first kappa shape index (κ1) is 13.7. The number of aromatic amines is 1. The average Bonchev–Trinajstić information content (AvgIpc) is 2.96. The standard InChI is InChI=1S/C16H19N3O2/c17-16(20)12-3-1-11(2-4-12)7-8-21-15-6-5-13(15)14-9-18-10-19-14/h5-7,9-10,12H,1-4,8H2,(H2,17,20)(H,18,19). The van der Waals surface area contributed by atoms with Crippen LogP contribution in [0, 0.1) is 5.92 Å². The van der Waals surface area contributed by atoms with Gasteiger partial charge in [-0.3, -0.25) is 4.79 Å². The number of allylic oxidation sites excluding steroid dienone is 4. The van der Waals surface area contributed by atoms with Crippen LogP contribution in [0.25, 0.3) is 5.57 Å². The molecule has 1 fully saturated rings. The highest BCUT2D eigenvalue weighted by Crippen LogP contribution is 2.30. The summed E-state index contributed by atoms with van der Waals surface area (Å²) in [5, 5.41) is 0. The van der Waals surface area contributed by atoms with Gasteiger partial charge >= 0.3 is 0 Å². The number of ether oxygens (including phenoxy) is 1. The Labute approximate surface area is 123 Å². The minimum atomic E-state index is -0.167. The lowest BCUT2D eigenvalue weighted by Crippen LogP contribution is -2.25. The number of amides is 1. The van der Waals surface area contributed by atoms with Crippen molar-refractivity contribution in [1.82, 2.24) is 9.97 Å². The predicted molar refractivity (Wildman–Crippen MR) is 79.8 cm³/mol. The summed E-state index contributed by atoms with van der Waals surface area (Å²) in [6.07, 6.45) is 13.1. The van der Waals surface area contributed by atoms with E-state index in [1.165, 1.54) is 5.57 Å². The smallest absolute Gasteiger partial charge is 0.220 e. The lowest BCUT2D eigenvalue weighted by molar-refractivity contribution is -0.122. The van der Waals surface area contributed by atoms with Crippen molar-refractivity contribution in [2.45, 2.75) is 25.7 Å². The van der Waals surface area contributed by atoms with Crippen LogP contribution in [-0.4, -0.2) is 22.5 Å². The molecule has 1 heterocycles. The molecule has 0 atom stereocenters. The minimum Gasteiger partial charge on any atom is -0.489 e. The molecule has 3 rings (SSSR count). The molecule has 5 heteroatoms. The molecule has 21 heavy (non-hydrogen) atoms. The number of aromatic nitrogens is 2. The molecule has 0 bridgehead atoms. The summed E-state index contributed by atoms with van der Waals surface area (Å²) >= 11 is 0. The van der Waals surface area contributed by atoms with Crippen molar-refractivity contribution < 1.29 is 9.53 Å². The van der Waals surface area contributed by atoms with Gasteiger partial charge in [-0.1, -0.05) is 5.57 Å². The molecule has 0 unspecified atom stereocenters. The van der Waals surface area contributed by atoms with E-state index >= 15 is 0 Å². The Hall–Kier alpha value is -2.30. The Balaban J connectivity index is 1.50. The Morgan fingerprint density at radius 2 is 2.24 bits per heavy atom. The fourth-order valence-corrected chi connectivity index (χ4v) is 2.71. The van der Waals surface area contributed by atoms with Crippen molar-refractivity contribution in [2.75, 3.05) is 6.61 Å². The Bertz CT molecular complexity index is 601. The van der Waals surface area contributed by atoms with Crippen LogP contribution in [0.4, 0.5) is 0 Å². The molecule has 2 aliphatic carbocycles. The highest BCUT2D eigenvalue weighted by atomic mass is 16.5. The van der Waals surface area contributed by atoms with Gasteiger partial charge in [0.1, 0.15) is 12.4 Å². The van der Waals surface area contributed by atoms with Gasteiger partial charge in [0.05, 0.1) is 18.2 Å². The first-order valence-corrected chi connectivity index (χ1v) is 7.25. The van der Waals surface area contributed by atoms with E-state index in [0.717, 1.165) is 42.7 Å². The van der Waals surface area contributed by atoms with Crippen LogP contribution in [0.2, 0.25) is 0 Å². The second-order valence-electron chi connectivity index (χ2n) is 5.43. The van der Waals surface area contributed by atoms with Crippen molar-refractivity contribution in [3.05, 3.63) is 47.8 Å². The second kappa shape index (κ2) is 5.99. The number of carbonyl (C=O) groups is 1. The van der Waals surface area contributed by atoms with Crippen molar-refractivity contribution in [1.29, 1.82) is 0 Å². The van der Waals surface area contributed by atoms with Gasteiger partial charge in [-0.15, -0.1) is 0 Å². The van der Waals surface area contributed by atoms with Crippen LogP contribution in [-0.2, 0) is 9.53 Å². The third-order valence-corrected chi connectivity index (χ3v) is 4.10. The molecule has 0 aliphatic heterocycles. The molecule has 1 aromatic heterocycles. The zero-order chi connectivity index (χ0) is 14.7. The average molecular weight is 285 g/mol. The summed E-state index contributed by atoms with van der Waals surface area (Å²) in [4.78, 5) is 18.2. The summed E-state index contributed by atoms with van der Waals surface area (Å²) in [5.41, 5.74) is 8.73. The fraction of sp³-hybridized carbons (Fsp3) is 0.375. The molecule has 3 N–H and O–H groups in total. The topological polar surface area (TPSA) is 81.0 Å². The number of hydrogen-bond donors (Lipinski definition) is 2. The molecule has 1 amide bonds. The molecule has 1 aromatic rings. The number of nitrogens with two attached hydrogens (primary N) is 1. The number of imidazole rings is 1. The van der Waals surface area contributed by atoms with Gasteiger partial charge in [-0.25, -0.2) is 4.98 Å². The van der Waals surface area contributed by atoms with E-state index in [1.807, 2.05) is 12.2 Å². The van der Waals surface area contributed by atoms with Crippen molar-refractivity contribution >= 4 is 11.5 Å². The molecule has 1 saturated carbocycles. The number of H-pyrrole nitrogens is 1. The fourth-order valence-electron chi connectivity index (χ4n) is 2.71. The predicted octanol–water partition coefficient (Wildman–Crippen LogP) is 2.31. The zero-order valence-corrected chi connectivity index (χ0v) is 11.8. The summed E-state index contributed by atoms with van der Waals surface area (Å²) in [6.45, 7) is 0.563. The molecular weight excluding hydrogens is 266 g/mol. The zero-order valence-electron chi connectivity index (χ0n) is 11.8. The lowest BCUT2D eigenvalue weighted by Gasteiger charge is -2.21. The van der Waals surface area contributed by atoms with Crippen LogP contribution < -0.4 is 5.73 Å². The number of carbonyl (C=O) groups excluding carboxylic acids is 1. The van der Waals surface area contributed by atoms with E-state index in [9.17, 15) is 4.79 Å². The quantitative estimate of drug-likeness (QED) is 0.814. The number of rotatable bonds is 5. The van der Waals surface area contributed by atoms with E-state index in [2.05, 4.69) is 16.0 Å². The van der Waals surface area contributed by atoms with Crippen molar-refractivity contribution in [3.8, 4) is 0 Å². The maximum Gasteiger partial charge on any atom is 0.220 e. The third-order valence-electron chi connectivity index (χ3n) is 4.10. The molecule has 0 aromatic carbocycles. The van der Waals surface area contributed by atoms with Gasteiger partial charge in [0, 0.05) is 11.5 Å². The Morgan fingerprint density at radius 3 is 2.81 bits per heavy atom. The highest BCUT2D eigenvalue weighted by Gasteiger charge is 2.21. The van der Waals surface area contributed by atoms with Crippen molar-refractivity contribution in [3.63, 3.8) is 0 Å². The summed E-state index contributed by atoms with van der Waals surface area (Å²) < 4.78 is 5.77. The Morgan fingerprint density at radius 1 is 1.43 bits per heavy atom. The van der Waals surface area contributed by atoms with Crippen molar-refractivity contribution in [2.24, 2.45) is 11.7 Å². The molecular formula is C16H19N3O2. The summed E-state index contributed by atoms with van der Waals surface area (Å²) in [7, 11) is 0. The molecule has 5 nitrogen and oxygen atoms in total. The highest BCUT2D eigenvalue weighted by molar-refractivity contribution is 5.81. The largest absolute Gasteiger partial charge is 0.489 e. The van der Waals surface area contributed by atoms with Gasteiger partial charge in [-0.2, -0.15) is 0 Å². The van der Waals surface area contributed by atoms with Crippen LogP contribution in [0.15, 0.2) is 42.1 Å². The summed E-state index contributed by atoms with van der Waals surface area (Å²) in [5.74, 6) is 0.772. The van der Waals surface area contributed by atoms with Gasteiger partial charge in [-0.05, 0) is 43.9 Å². The molecule has 0 radical (unpaired) electrons. The molecule has 2 aliphatic rings. The summed E-state index contributed by atoms with van der Waals surface area (Å²) in [6, 6.07) is 0. The van der Waals surface area contributed by atoms with Crippen LogP contribution in [0.5, 0.6) is 0 Å². The lowest BCUT2D eigenvalue weighted by atomic mass is 9.85. The third kappa shape index (κ3) is 3.07. The molecule has 110 valence electrons. The first-order chi connectivity index (χ1) is 10.2. The van der Waals surface area contributed by atoms with Crippen LogP contribution in [0.3, 0.4) is 0 Å². The molecule has 0 spiro atoms. The molecule has 0 saturated heterocycles. The first-order valence-electron chi connectivity index (χ1n) is 7.25. The monoisotopic (exact) mass is 285 g/mol. The van der Waals surface area contributed by atoms with Gasteiger partial charge in [0.2, 0.25) is 5.91 Å².